The van der Waals surface area contributed by atoms with E-state index >= 15 is 0 Å². The van der Waals surface area contributed by atoms with Gasteiger partial charge in [-0.3, -0.25) is 14.4 Å². The van der Waals surface area contributed by atoms with Crippen molar-refractivity contribution in [3.05, 3.63) is 72.9 Å². The van der Waals surface area contributed by atoms with Crippen molar-refractivity contribution in [2.24, 2.45) is 0 Å². The summed E-state index contributed by atoms with van der Waals surface area (Å²) in [6, 6.07) is 0. The van der Waals surface area contributed by atoms with E-state index in [1.165, 1.54) is 205 Å². The van der Waals surface area contributed by atoms with Gasteiger partial charge in [0.05, 0.1) is 0 Å². The maximum Gasteiger partial charge on any atom is 0.306 e. The number of carbonyl (C=O) groups excluding carboxylic acids is 3. The fraction of sp³-hybridized carbons (Fsp3) is 0.789. The molecule has 0 radical (unpaired) electrons. The van der Waals surface area contributed by atoms with E-state index in [0.29, 0.717) is 19.3 Å². The van der Waals surface area contributed by atoms with Crippen molar-refractivity contribution in [2.45, 2.75) is 348 Å². The van der Waals surface area contributed by atoms with Crippen LogP contribution in [0.25, 0.3) is 0 Å². The summed E-state index contributed by atoms with van der Waals surface area (Å²) >= 11 is 0. The SMILES string of the molecule is CC/C=C\C/C=C\C/C=C\C/C=C\C/C=C\CCCCCCCCCCCC(=O)OCC(COC(=O)CCCCCCCCCCCCC)OC(=O)CCCCCCCCCCCCC/C=C\CCCCCCCCCC. The van der Waals surface area contributed by atoms with Crippen LogP contribution < -0.4 is 0 Å². The van der Waals surface area contributed by atoms with Gasteiger partial charge in [-0.25, -0.2) is 0 Å². The van der Waals surface area contributed by atoms with E-state index < -0.39 is 6.10 Å². The summed E-state index contributed by atoms with van der Waals surface area (Å²) < 4.78 is 16.9. The Morgan fingerprint density at radius 3 is 0.805 bits per heavy atom. The zero-order valence-corrected chi connectivity index (χ0v) is 51.2. The van der Waals surface area contributed by atoms with E-state index in [0.717, 1.165) is 96.3 Å². The summed E-state index contributed by atoms with van der Waals surface area (Å²) in [4.78, 5) is 38.3. The second-order valence-corrected chi connectivity index (χ2v) is 22.4. The Bertz CT molecular complexity index is 1420. The van der Waals surface area contributed by atoms with Gasteiger partial charge in [0, 0.05) is 19.3 Å². The van der Waals surface area contributed by atoms with Crippen molar-refractivity contribution in [3.8, 4) is 0 Å². The lowest BCUT2D eigenvalue weighted by atomic mass is 10.0. The van der Waals surface area contributed by atoms with Gasteiger partial charge in [0.15, 0.2) is 6.10 Å². The number of rotatable bonds is 61. The molecule has 0 aromatic carbocycles. The standard InChI is InChI=1S/C71H126O6/c1-4-7-10-13-16-19-22-24-26-28-30-32-34-35-37-38-40-42-44-46-49-52-55-58-61-64-70(73)76-67-68(66-75-69(72)63-60-57-54-51-48-21-18-15-12-9-6-3)77-71(74)65-62-59-56-53-50-47-45-43-41-39-36-33-31-29-27-25-23-20-17-14-11-8-5-2/h7,10,16,19,24,26,29-32,35,37,68H,4-6,8-9,11-15,17-18,20-23,25,27-28,33-34,36,38-67H2,1-3H3/b10-7-,19-16-,26-24-,31-29-,32-30-,37-35-. The predicted molar refractivity (Wildman–Crippen MR) is 335 cm³/mol. The first-order valence-corrected chi connectivity index (χ1v) is 33.4. The van der Waals surface area contributed by atoms with Gasteiger partial charge in [-0.1, -0.05) is 306 Å². The molecule has 0 aromatic rings. The lowest BCUT2D eigenvalue weighted by Gasteiger charge is -2.18. The van der Waals surface area contributed by atoms with Crippen molar-refractivity contribution < 1.29 is 28.6 Å². The third-order valence-corrected chi connectivity index (χ3v) is 14.7. The number of allylic oxidation sites excluding steroid dienone is 12. The van der Waals surface area contributed by atoms with Crippen LogP contribution in [0, 0.1) is 0 Å². The van der Waals surface area contributed by atoms with Crippen LogP contribution in [0.3, 0.4) is 0 Å². The Kier molecular flexibility index (Phi) is 62.7. The largest absolute Gasteiger partial charge is 0.462 e. The Labute approximate surface area is 478 Å². The molecule has 0 spiro atoms. The van der Waals surface area contributed by atoms with Gasteiger partial charge in [-0.2, -0.15) is 0 Å². The van der Waals surface area contributed by atoms with Crippen LogP contribution >= 0.6 is 0 Å². The van der Waals surface area contributed by atoms with E-state index in [4.69, 9.17) is 14.2 Å². The van der Waals surface area contributed by atoms with E-state index in [1.54, 1.807) is 0 Å². The molecule has 77 heavy (non-hydrogen) atoms. The monoisotopic (exact) mass is 1070 g/mol. The zero-order chi connectivity index (χ0) is 55.7. The average Bonchev–Trinajstić information content (AvgIpc) is 3.43. The highest BCUT2D eigenvalue weighted by atomic mass is 16.6. The van der Waals surface area contributed by atoms with Crippen LogP contribution in [-0.4, -0.2) is 37.2 Å². The summed E-state index contributed by atoms with van der Waals surface area (Å²) in [5.41, 5.74) is 0. The second-order valence-electron chi connectivity index (χ2n) is 22.4. The minimum atomic E-state index is -0.777. The topological polar surface area (TPSA) is 78.9 Å². The molecule has 0 bridgehead atoms. The Morgan fingerprint density at radius 1 is 0.273 bits per heavy atom. The first kappa shape index (κ1) is 73.8. The summed E-state index contributed by atoms with van der Waals surface area (Å²) in [7, 11) is 0. The third kappa shape index (κ3) is 63.6. The molecule has 1 unspecified atom stereocenters. The van der Waals surface area contributed by atoms with Gasteiger partial charge >= 0.3 is 17.9 Å². The molecule has 446 valence electrons. The van der Waals surface area contributed by atoms with E-state index in [2.05, 4.69) is 93.7 Å². The fourth-order valence-electron chi connectivity index (χ4n) is 9.70. The van der Waals surface area contributed by atoms with Crippen molar-refractivity contribution >= 4 is 17.9 Å². The quantitative estimate of drug-likeness (QED) is 0.0261. The lowest BCUT2D eigenvalue weighted by Crippen LogP contribution is -2.30. The second kappa shape index (κ2) is 65.4. The van der Waals surface area contributed by atoms with Crippen LogP contribution in [0.15, 0.2) is 72.9 Å². The van der Waals surface area contributed by atoms with Crippen LogP contribution in [-0.2, 0) is 28.6 Å². The highest BCUT2D eigenvalue weighted by molar-refractivity contribution is 5.71. The minimum absolute atomic E-state index is 0.0737. The van der Waals surface area contributed by atoms with Gasteiger partial charge in [0.25, 0.3) is 0 Å². The molecule has 6 heteroatoms. The molecule has 1 atom stereocenters. The smallest absolute Gasteiger partial charge is 0.306 e. The molecule has 0 aliphatic rings. The highest BCUT2D eigenvalue weighted by Crippen LogP contribution is 2.17. The number of esters is 3. The average molecular weight is 1080 g/mol. The number of carbonyl (C=O) groups is 3. The predicted octanol–water partition coefficient (Wildman–Crippen LogP) is 22.9. The summed E-state index contributed by atoms with van der Waals surface area (Å²) in [6.07, 6.45) is 84.9. The number of ether oxygens (including phenoxy) is 3. The molecule has 0 fully saturated rings. The molecule has 0 aliphatic carbocycles. The molecular weight excluding hydrogens is 949 g/mol. The van der Waals surface area contributed by atoms with Crippen molar-refractivity contribution in [3.63, 3.8) is 0 Å². The number of hydrogen-bond acceptors (Lipinski definition) is 6. The van der Waals surface area contributed by atoms with Gasteiger partial charge in [-0.15, -0.1) is 0 Å². The summed E-state index contributed by atoms with van der Waals surface area (Å²) in [6.45, 7) is 6.56. The molecule has 0 saturated heterocycles. The van der Waals surface area contributed by atoms with E-state index in [9.17, 15) is 14.4 Å². The molecular formula is C71H126O6. The fourth-order valence-corrected chi connectivity index (χ4v) is 9.70. The molecule has 0 heterocycles. The van der Waals surface area contributed by atoms with E-state index in [1.807, 2.05) is 0 Å². The van der Waals surface area contributed by atoms with Crippen molar-refractivity contribution in [2.75, 3.05) is 13.2 Å². The summed E-state index contributed by atoms with van der Waals surface area (Å²) in [5.74, 6) is -0.864. The highest BCUT2D eigenvalue weighted by Gasteiger charge is 2.19. The van der Waals surface area contributed by atoms with Crippen LogP contribution in [0.5, 0.6) is 0 Å². The zero-order valence-electron chi connectivity index (χ0n) is 51.2. The maximum absolute atomic E-state index is 12.9. The van der Waals surface area contributed by atoms with Crippen LogP contribution in [0.4, 0.5) is 0 Å². The molecule has 0 rings (SSSR count). The third-order valence-electron chi connectivity index (χ3n) is 14.7. The normalized spacial score (nSPS) is 12.5. The van der Waals surface area contributed by atoms with Gasteiger partial charge in [-0.05, 0) is 89.9 Å². The van der Waals surface area contributed by atoms with Gasteiger partial charge in [0.2, 0.25) is 0 Å². The summed E-state index contributed by atoms with van der Waals surface area (Å²) in [5, 5.41) is 0. The molecule has 0 aliphatic heterocycles. The van der Waals surface area contributed by atoms with Gasteiger partial charge in [0.1, 0.15) is 13.2 Å². The van der Waals surface area contributed by atoms with Gasteiger partial charge < -0.3 is 14.2 Å². The Balaban J connectivity index is 4.26. The molecule has 0 saturated carbocycles. The Morgan fingerprint density at radius 2 is 0.506 bits per heavy atom. The van der Waals surface area contributed by atoms with Crippen molar-refractivity contribution in [1.82, 2.24) is 0 Å². The number of unbranched alkanes of at least 4 members (excludes halogenated alkanes) is 38. The molecule has 0 aromatic heterocycles. The molecule has 6 nitrogen and oxygen atoms in total. The molecule has 0 N–H and O–H groups in total. The first-order valence-electron chi connectivity index (χ1n) is 33.4. The molecule has 0 amide bonds. The van der Waals surface area contributed by atoms with Crippen molar-refractivity contribution in [1.29, 1.82) is 0 Å². The maximum atomic E-state index is 12.9. The van der Waals surface area contributed by atoms with Crippen LogP contribution in [0.2, 0.25) is 0 Å². The first-order chi connectivity index (χ1) is 38.0. The van der Waals surface area contributed by atoms with E-state index in [-0.39, 0.29) is 31.1 Å². The minimum Gasteiger partial charge on any atom is -0.462 e. The number of hydrogen-bond donors (Lipinski definition) is 0. The lowest BCUT2D eigenvalue weighted by molar-refractivity contribution is -0.167. The van der Waals surface area contributed by atoms with Crippen LogP contribution in [0.1, 0.15) is 342 Å². The Hall–Kier alpha value is -3.15.